The molecule has 0 aromatic rings. The van der Waals surface area contributed by atoms with Crippen molar-refractivity contribution in [1.29, 1.82) is 0 Å². The van der Waals surface area contributed by atoms with Crippen LogP contribution in [-0.2, 0) is 9.53 Å². The van der Waals surface area contributed by atoms with Crippen LogP contribution in [0, 0.1) is 5.41 Å². The van der Waals surface area contributed by atoms with Crippen molar-refractivity contribution in [2.45, 2.75) is 25.8 Å². The van der Waals surface area contributed by atoms with E-state index in [1.54, 1.807) is 0 Å². The molecule has 58 valence electrons. The van der Waals surface area contributed by atoms with Crippen LogP contribution in [0.3, 0.4) is 0 Å². The molecule has 0 heterocycles. The highest BCUT2D eigenvalue weighted by molar-refractivity contribution is 5.77. The van der Waals surface area contributed by atoms with Gasteiger partial charge < -0.3 is 10.5 Å². The van der Waals surface area contributed by atoms with E-state index in [2.05, 4.69) is 4.74 Å². The second kappa shape index (κ2) is 2.23. The Morgan fingerprint density at radius 2 is 2.20 bits per heavy atom. The zero-order valence-corrected chi connectivity index (χ0v) is 6.39. The van der Waals surface area contributed by atoms with Crippen molar-refractivity contribution in [3.63, 3.8) is 0 Å². The molecule has 0 unspecified atom stereocenters. The summed E-state index contributed by atoms with van der Waals surface area (Å²) in [7, 11) is 1.41. The van der Waals surface area contributed by atoms with Crippen LogP contribution in [0.5, 0.6) is 0 Å². The van der Waals surface area contributed by atoms with Crippen molar-refractivity contribution in [3.8, 4) is 0 Å². The number of rotatable bonds is 1. The average Bonchev–Trinajstić information content (AvgIpc) is 1.83. The molecule has 0 aliphatic heterocycles. The Morgan fingerprint density at radius 3 is 2.50 bits per heavy atom. The van der Waals surface area contributed by atoms with E-state index in [-0.39, 0.29) is 17.4 Å². The van der Waals surface area contributed by atoms with E-state index in [1.807, 2.05) is 6.92 Å². The first-order chi connectivity index (χ1) is 4.58. The summed E-state index contributed by atoms with van der Waals surface area (Å²) in [4.78, 5) is 11.0. The summed E-state index contributed by atoms with van der Waals surface area (Å²) in [5.41, 5.74) is 5.26. The molecule has 10 heavy (non-hydrogen) atoms. The van der Waals surface area contributed by atoms with Crippen LogP contribution in [0.1, 0.15) is 19.8 Å². The number of hydrogen-bond acceptors (Lipinski definition) is 3. The predicted octanol–water partition coefficient (Wildman–Crippen LogP) is 0.287. The molecule has 0 spiro atoms. The highest BCUT2D eigenvalue weighted by Gasteiger charge is 2.45. The normalized spacial score (nSPS) is 38.5. The van der Waals surface area contributed by atoms with Crippen LogP contribution in [-0.4, -0.2) is 19.1 Å². The van der Waals surface area contributed by atoms with Crippen molar-refractivity contribution in [3.05, 3.63) is 0 Å². The lowest BCUT2D eigenvalue weighted by molar-refractivity contribution is -0.157. The van der Waals surface area contributed by atoms with Gasteiger partial charge in [0.2, 0.25) is 0 Å². The molecule has 1 aliphatic carbocycles. The van der Waals surface area contributed by atoms with E-state index in [9.17, 15) is 4.79 Å². The lowest BCUT2D eigenvalue weighted by Gasteiger charge is -2.40. The first-order valence-electron chi connectivity index (χ1n) is 3.42. The number of carbonyl (C=O) groups is 1. The Morgan fingerprint density at radius 1 is 1.70 bits per heavy atom. The lowest BCUT2D eigenvalue weighted by Crippen LogP contribution is -2.49. The van der Waals surface area contributed by atoms with E-state index < -0.39 is 0 Å². The SMILES string of the molecule is COC(=O)C1(C)CC(N)C1. The second-order valence-electron chi connectivity index (χ2n) is 3.22. The fraction of sp³-hybridized carbons (Fsp3) is 0.857. The van der Waals surface area contributed by atoms with Gasteiger partial charge in [0, 0.05) is 6.04 Å². The van der Waals surface area contributed by atoms with Crippen molar-refractivity contribution < 1.29 is 9.53 Å². The third-order valence-corrected chi connectivity index (χ3v) is 2.10. The fourth-order valence-electron chi connectivity index (χ4n) is 1.51. The minimum Gasteiger partial charge on any atom is -0.469 e. The number of ether oxygens (including phenoxy) is 1. The Hall–Kier alpha value is -0.570. The minimum absolute atomic E-state index is 0.130. The highest BCUT2D eigenvalue weighted by atomic mass is 16.5. The van der Waals surface area contributed by atoms with Crippen LogP contribution in [0.2, 0.25) is 0 Å². The molecule has 3 heteroatoms. The first kappa shape index (κ1) is 7.54. The lowest BCUT2D eigenvalue weighted by atomic mass is 9.67. The molecule has 0 radical (unpaired) electrons. The second-order valence-corrected chi connectivity index (χ2v) is 3.22. The summed E-state index contributed by atoms with van der Waals surface area (Å²) in [5.74, 6) is -0.130. The molecule has 0 amide bonds. The van der Waals surface area contributed by atoms with Gasteiger partial charge in [0.1, 0.15) is 0 Å². The zero-order chi connectivity index (χ0) is 7.78. The molecule has 1 aliphatic rings. The third kappa shape index (κ3) is 1.01. The van der Waals surface area contributed by atoms with E-state index in [0.717, 1.165) is 12.8 Å². The maximum atomic E-state index is 11.0. The Bertz CT molecular complexity index is 150. The van der Waals surface area contributed by atoms with Gasteiger partial charge >= 0.3 is 5.97 Å². The van der Waals surface area contributed by atoms with Gasteiger partial charge in [-0.3, -0.25) is 4.79 Å². The van der Waals surface area contributed by atoms with E-state index in [1.165, 1.54) is 7.11 Å². The highest BCUT2D eigenvalue weighted by Crippen LogP contribution is 2.40. The van der Waals surface area contributed by atoms with Crippen LogP contribution < -0.4 is 5.73 Å². The predicted molar refractivity (Wildman–Crippen MR) is 37.3 cm³/mol. The van der Waals surface area contributed by atoms with Crippen LogP contribution in [0.4, 0.5) is 0 Å². The number of esters is 1. The largest absolute Gasteiger partial charge is 0.469 e. The smallest absolute Gasteiger partial charge is 0.311 e. The van der Waals surface area contributed by atoms with Gasteiger partial charge in [0.05, 0.1) is 12.5 Å². The fourth-order valence-corrected chi connectivity index (χ4v) is 1.51. The van der Waals surface area contributed by atoms with Gasteiger partial charge in [-0.1, -0.05) is 0 Å². The van der Waals surface area contributed by atoms with Gasteiger partial charge in [0.25, 0.3) is 0 Å². The monoisotopic (exact) mass is 143 g/mol. The molecule has 0 atom stereocenters. The van der Waals surface area contributed by atoms with Gasteiger partial charge in [-0.25, -0.2) is 0 Å². The molecule has 3 nitrogen and oxygen atoms in total. The minimum atomic E-state index is -0.284. The molecular weight excluding hydrogens is 130 g/mol. The summed E-state index contributed by atoms with van der Waals surface area (Å²) in [6, 6.07) is 0.198. The molecule has 1 fully saturated rings. The van der Waals surface area contributed by atoms with Gasteiger partial charge in [-0.2, -0.15) is 0 Å². The summed E-state index contributed by atoms with van der Waals surface area (Å²) in [6.07, 6.45) is 1.53. The number of carbonyl (C=O) groups excluding carboxylic acids is 1. The molecule has 0 saturated heterocycles. The van der Waals surface area contributed by atoms with Crippen molar-refractivity contribution in [2.75, 3.05) is 7.11 Å². The summed E-state index contributed by atoms with van der Waals surface area (Å²) in [6.45, 7) is 1.89. The van der Waals surface area contributed by atoms with E-state index in [0.29, 0.717) is 0 Å². The number of methoxy groups -OCH3 is 1. The topological polar surface area (TPSA) is 52.3 Å². The van der Waals surface area contributed by atoms with Crippen LogP contribution >= 0.6 is 0 Å². The summed E-state index contributed by atoms with van der Waals surface area (Å²) < 4.78 is 4.61. The van der Waals surface area contributed by atoms with Gasteiger partial charge in [0.15, 0.2) is 0 Å². The molecule has 0 aromatic heterocycles. The van der Waals surface area contributed by atoms with E-state index >= 15 is 0 Å². The van der Waals surface area contributed by atoms with Crippen molar-refractivity contribution >= 4 is 5.97 Å². The Kier molecular flexibility index (Phi) is 1.68. The van der Waals surface area contributed by atoms with Crippen molar-refractivity contribution in [2.24, 2.45) is 11.1 Å². The summed E-state index contributed by atoms with van der Waals surface area (Å²) in [5, 5.41) is 0. The van der Waals surface area contributed by atoms with Gasteiger partial charge in [-0.05, 0) is 19.8 Å². The zero-order valence-electron chi connectivity index (χ0n) is 6.39. The molecule has 0 bridgehead atoms. The maximum absolute atomic E-state index is 11.0. The van der Waals surface area contributed by atoms with E-state index in [4.69, 9.17) is 5.73 Å². The molecule has 1 rings (SSSR count). The summed E-state index contributed by atoms with van der Waals surface area (Å²) >= 11 is 0. The number of nitrogens with two attached hydrogens (primary N) is 1. The van der Waals surface area contributed by atoms with Crippen LogP contribution in [0.25, 0.3) is 0 Å². The molecular formula is C7H13NO2. The Labute approximate surface area is 60.5 Å². The Balaban J connectivity index is 2.48. The standard InChI is InChI=1S/C7H13NO2/c1-7(6(9)10-2)3-5(8)4-7/h5H,3-4,8H2,1-2H3. The van der Waals surface area contributed by atoms with Gasteiger partial charge in [-0.15, -0.1) is 0 Å². The average molecular weight is 143 g/mol. The third-order valence-electron chi connectivity index (χ3n) is 2.10. The van der Waals surface area contributed by atoms with Crippen LogP contribution in [0.15, 0.2) is 0 Å². The maximum Gasteiger partial charge on any atom is 0.311 e. The quantitative estimate of drug-likeness (QED) is 0.537. The number of hydrogen-bond donors (Lipinski definition) is 1. The molecule has 1 saturated carbocycles. The first-order valence-corrected chi connectivity index (χ1v) is 3.42. The van der Waals surface area contributed by atoms with Crippen molar-refractivity contribution in [1.82, 2.24) is 0 Å². The molecule has 0 aromatic carbocycles. The molecule has 2 N–H and O–H groups in total.